The zero-order valence-electron chi connectivity index (χ0n) is 16.4. The van der Waals surface area contributed by atoms with Crippen molar-refractivity contribution in [1.29, 1.82) is 5.26 Å². The number of methoxy groups -OCH3 is 1. The molecule has 1 saturated heterocycles. The third-order valence-electron chi connectivity index (χ3n) is 5.23. The van der Waals surface area contributed by atoms with Crippen LogP contribution in [0.2, 0.25) is 0 Å². The number of aromatic nitrogens is 1. The van der Waals surface area contributed by atoms with Gasteiger partial charge < -0.3 is 18.9 Å². The molecule has 3 heterocycles. The number of likely N-dealkylation sites (tertiary alicyclic amines) is 1. The number of hydrogen-bond acceptors (Lipinski definition) is 7. The second-order valence-corrected chi connectivity index (χ2v) is 7.05. The molecular formula is C22H24N4O3. The van der Waals surface area contributed by atoms with Crippen molar-refractivity contribution in [3.05, 3.63) is 54.1 Å². The number of nitriles is 1. The summed E-state index contributed by atoms with van der Waals surface area (Å²) in [6, 6.07) is 13.5. The van der Waals surface area contributed by atoms with Gasteiger partial charge in [0, 0.05) is 12.1 Å². The molecular weight excluding hydrogens is 368 g/mol. The van der Waals surface area contributed by atoms with Crippen LogP contribution in [0.15, 0.2) is 51.5 Å². The van der Waals surface area contributed by atoms with Crippen LogP contribution in [0.3, 0.4) is 0 Å². The van der Waals surface area contributed by atoms with Gasteiger partial charge >= 0.3 is 0 Å². The van der Waals surface area contributed by atoms with Crippen molar-refractivity contribution in [3.63, 3.8) is 0 Å². The Bertz CT molecular complexity index is 951. The Balaban J connectivity index is 1.53. The number of benzene rings is 1. The molecule has 0 saturated carbocycles. The van der Waals surface area contributed by atoms with E-state index in [1.54, 1.807) is 13.4 Å². The summed E-state index contributed by atoms with van der Waals surface area (Å²) in [5.41, 5.74) is 1.03. The standard InChI is InChI=1S/C22H24N4O3/c1-27-17-9-7-16(8-10-17)21-25-18(14-23)22(29-21)24-15-19(20-6-5-13-28-20)26-11-3-2-4-12-26/h5-10,13,19,24H,2-4,11-12,15H2,1H3/t19-/m0/s1. The Morgan fingerprint density at radius 1 is 1.21 bits per heavy atom. The molecule has 1 aliphatic rings. The van der Waals surface area contributed by atoms with Gasteiger partial charge in [-0.15, -0.1) is 0 Å². The molecule has 7 heteroatoms. The Morgan fingerprint density at radius 3 is 2.66 bits per heavy atom. The smallest absolute Gasteiger partial charge is 0.232 e. The van der Waals surface area contributed by atoms with Crippen molar-refractivity contribution in [1.82, 2.24) is 9.88 Å². The summed E-state index contributed by atoms with van der Waals surface area (Å²) < 4.78 is 16.8. The zero-order valence-corrected chi connectivity index (χ0v) is 16.4. The van der Waals surface area contributed by atoms with Crippen LogP contribution in [0.4, 0.5) is 5.88 Å². The highest BCUT2D eigenvalue weighted by atomic mass is 16.5. The van der Waals surface area contributed by atoms with Crippen LogP contribution in [-0.2, 0) is 0 Å². The van der Waals surface area contributed by atoms with Crippen molar-refractivity contribution < 1.29 is 13.6 Å². The lowest BCUT2D eigenvalue weighted by molar-refractivity contribution is 0.152. The lowest BCUT2D eigenvalue weighted by Gasteiger charge is -2.33. The number of rotatable bonds is 7. The minimum absolute atomic E-state index is 0.0754. The summed E-state index contributed by atoms with van der Waals surface area (Å²) in [6.07, 6.45) is 5.33. The predicted octanol–water partition coefficient (Wildman–Crippen LogP) is 4.45. The van der Waals surface area contributed by atoms with Gasteiger partial charge in [-0.25, -0.2) is 0 Å². The van der Waals surface area contributed by atoms with E-state index in [0.29, 0.717) is 18.3 Å². The highest BCUT2D eigenvalue weighted by Crippen LogP contribution is 2.29. The fraction of sp³-hybridized carbons (Fsp3) is 0.364. The lowest BCUT2D eigenvalue weighted by Crippen LogP contribution is -2.37. The number of anilines is 1. The summed E-state index contributed by atoms with van der Waals surface area (Å²) in [7, 11) is 1.62. The molecule has 1 fully saturated rings. The first-order valence-electron chi connectivity index (χ1n) is 9.85. The largest absolute Gasteiger partial charge is 0.497 e. The van der Waals surface area contributed by atoms with Crippen LogP contribution >= 0.6 is 0 Å². The minimum atomic E-state index is 0.0754. The normalized spacial score (nSPS) is 15.6. The molecule has 7 nitrogen and oxygen atoms in total. The summed E-state index contributed by atoms with van der Waals surface area (Å²) in [6.45, 7) is 2.64. The highest BCUT2D eigenvalue weighted by Gasteiger charge is 2.25. The van der Waals surface area contributed by atoms with Crippen molar-refractivity contribution in [2.24, 2.45) is 0 Å². The molecule has 1 N–H and O–H groups in total. The van der Waals surface area contributed by atoms with Gasteiger partial charge in [0.25, 0.3) is 0 Å². The number of nitrogens with zero attached hydrogens (tertiary/aromatic N) is 3. The van der Waals surface area contributed by atoms with Crippen LogP contribution in [0.25, 0.3) is 11.5 Å². The average Bonchev–Trinajstić information content (AvgIpc) is 3.45. The fourth-order valence-corrected chi connectivity index (χ4v) is 3.68. The molecule has 0 radical (unpaired) electrons. The second-order valence-electron chi connectivity index (χ2n) is 7.05. The molecule has 2 aromatic heterocycles. The van der Waals surface area contributed by atoms with Gasteiger partial charge in [0.2, 0.25) is 17.5 Å². The van der Waals surface area contributed by atoms with Gasteiger partial charge in [0.05, 0.1) is 19.4 Å². The summed E-state index contributed by atoms with van der Waals surface area (Å²) in [5.74, 6) is 2.45. The molecule has 0 aliphatic carbocycles. The summed E-state index contributed by atoms with van der Waals surface area (Å²) in [5, 5.41) is 12.8. The maximum Gasteiger partial charge on any atom is 0.232 e. The molecule has 150 valence electrons. The highest BCUT2D eigenvalue weighted by molar-refractivity contribution is 5.59. The Labute approximate surface area is 169 Å². The minimum Gasteiger partial charge on any atom is -0.497 e. The third-order valence-corrected chi connectivity index (χ3v) is 5.23. The first kappa shape index (κ1) is 19.1. The first-order valence-corrected chi connectivity index (χ1v) is 9.85. The van der Waals surface area contributed by atoms with E-state index in [1.807, 2.05) is 36.4 Å². The predicted molar refractivity (Wildman–Crippen MR) is 109 cm³/mol. The van der Waals surface area contributed by atoms with Crippen molar-refractivity contribution >= 4 is 5.88 Å². The van der Waals surface area contributed by atoms with E-state index in [-0.39, 0.29) is 11.7 Å². The lowest BCUT2D eigenvalue weighted by atomic mass is 10.1. The van der Waals surface area contributed by atoms with E-state index in [1.165, 1.54) is 19.3 Å². The molecule has 0 unspecified atom stereocenters. The molecule has 0 bridgehead atoms. The van der Waals surface area contributed by atoms with E-state index in [4.69, 9.17) is 13.6 Å². The topological polar surface area (TPSA) is 87.5 Å². The van der Waals surface area contributed by atoms with Gasteiger partial charge in [-0.1, -0.05) is 6.42 Å². The van der Waals surface area contributed by atoms with E-state index in [9.17, 15) is 5.26 Å². The molecule has 0 amide bonds. The van der Waals surface area contributed by atoms with Crippen LogP contribution < -0.4 is 10.1 Å². The number of nitrogens with one attached hydrogen (secondary N) is 1. The van der Waals surface area contributed by atoms with Crippen LogP contribution in [-0.4, -0.2) is 36.6 Å². The van der Waals surface area contributed by atoms with Gasteiger partial charge in [0.15, 0.2) is 0 Å². The molecule has 1 aromatic carbocycles. The molecule has 0 spiro atoms. The number of furan rings is 1. The van der Waals surface area contributed by atoms with Crippen molar-refractivity contribution in [2.75, 3.05) is 32.1 Å². The zero-order chi connectivity index (χ0) is 20.1. The van der Waals surface area contributed by atoms with Crippen LogP contribution in [0.1, 0.15) is 36.8 Å². The summed E-state index contributed by atoms with van der Waals surface area (Å²) >= 11 is 0. The van der Waals surface area contributed by atoms with E-state index in [0.717, 1.165) is 30.2 Å². The Morgan fingerprint density at radius 2 is 2.00 bits per heavy atom. The van der Waals surface area contributed by atoms with Gasteiger partial charge in [-0.2, -0.15) is 10.2 Å². The van der Waals surface area contributed by atoms with Crippen molar-refractivity contribution in [2.45, 2.75) is 25.3 Å². The summed E-state index contributed by atoms with van der Waals surface area (Å²) in [4.78, 5) is 6.76. The SMILES string of the molecule is COc1ccc(-c2nc(C#N)c(NC[C@@H](c3ccco3)N3CCCCC3)o2)cc1. The van der Waals surface area contributed by atoms with Gasteiger partial charge in [-0.05, 0) is 62.3 Å². The molecule has 3 aromatic rings. The molecule has 1 aliphatic heterocycles. The average molecular weight is 392 g/mol. The molecule has 1 atom stereocenters. The molecule has 29 heavy (non-hydrogen) atoms. The number of oxazole rings is 1. The number of ether oxygens (including phenoxy) is 1. The fourth-order valence-electron chi connectivity index (χ4n) is 3.68. The maximum absolute atomic E-state index is 9.50. The number of piperidine rings is 1. The van der Waals surface area contributed by atoms with Crippen LogP contribution in [0, 0.1) is 11.3 Å². The van der Waals surface area contributed by atoms with Crippen LogP contribution in [0.5, 0.6) is 5.75 Å². The monoisotopic (exact) mass is 392 g/mol. The Kier molecular flexibility index (Phi) is 5.82. The maximum atomic E-state index is 9.50. The third kappa shape index (κ3) is 4.28. The van der Waals surface area contributed by atoms with E-state index >= 15 is 0 Å². The van der Waals surface area contributed by atoms with Gasteiger partial charge in [-0.3, -0.25) is 4.90 Å². The van der Waals surface area contributed by atoms with Crippen molar-refractivity contribution in [3.8, 4) is 23.3 Å². The quantitative estimate of drug-likeness (QED) is 0.635. The van der Waals surface area contributed by atoms with E-state index < -0.39 is 0 Å². The van der Waals surface area contributed by atoms with Gasteiger partial charge in [0.1, 0.15) is 17.6 Å². The number of hydrogen-bond donors (Lipinski definition) is 1. The first-order chi connectivity index (χ1) is 14.3. The Hall–Kier alpha value is -3.24. The molecule has 4 rings (SSSR count). The van der Waals surface area contributed by atoms with E-state index in [2.05, 4.69) is 21.3 Å². The second kappa shape index (κ2) is 8.84.